The van der Waals surface area contributed by atoms with Gasteiger partial charge in [0.25, 0.3) is 5.91 Å². The van der Waals surface area contributed by atoms with E-state index in [1.807, 2.05) is 30.0 Å². The first-order chi connectivity index (χ1) is 13.0. The number of para-hydroxylation sites is 1. The summed E-state index contributed by atoms with van der Waals surface area (Å²) in [7, 11) is 0. The number of carbonyl (C=O) groups is 3. The van der Waals surface area contributed by atoms with Crippen LogP contribution in [0.3, 0.4) is 0 Å². The topological polar surface area (TPSA) is 75.7 Å². The van der Waals surface area contributed by atoms with Crippen LogP contribution >= 0.6 is 0 Å². The minimum absolute atomic E-state index is 0.130. The summed E-state index contributed by atoms with van der Waals surface area (Å²) in [5, 5.41) is 2.85. The number of anilines is 1. The average molecular weight is 366 g/mol. The van der Waals surface area contributed by atoms with Gasteiger partial charge in [-0.3, -0.25) is 14.4 Å². The van der Waals surface area contributed by atoms with E-state index in [2.05, 4.69) is 5.32 Å². The van der Waals surface area contributed by atoms with Gasteiger partial charge in [0.15, 0.2) is 0 Å². The second kappa shape index (κ2) is 8.03. The van der Waals surface area contributed by atoms with Crippen LogP contribution in [0.1, 0.15) is 41.8 Å². The van der Waals surface area contributed by atoms with E-state index in [0.717, 1.165) is 18.5 Å². The molecule has 0 saturated heterocycles. The molecule has 0 radical (unpaired) electrons. The predicted octanol–water partition coefficient (Wildman–Crippen LogP) is 3.16. The molecule has 0 aliphatic carbocycles. The van der Waals surface area contributed by atoms with Gasteiger partial charge in [-0.2, -0.15) is 0 Å². The molecule has 1 aliphatic rings. The lowest BCUT2D eigenvalue weighted by molar-refractivity contribution is -0.132. The molecule has 0 atom stereocenters. The van der Waals surface area contributed by atoms with Gasteiger partial charge in [-0.15, -0.1) is 0 Å². The molecule has 0 fully saturated rings. The van der Waals surface area contributed by atoms with E-state index in [1.165, 1.54) is 12.5 Å². The Morgan fingerprint density at radius 3 is 2.63 bits per heavy atom. The van der Waals surface area contributed by atoms with Crippen molar-refractivity contribution in [1.29, 1.82) is 0 Å². The Labute approximate surface area is 158 Å². The van der Waals surface area contributed by atoms with Crippen LogP contribution < -0.4 is 10.1 Å². The van der Waals surface area contributed by atoms with Crippen molar-refractivity contribution in [2.45, 2.75) is 33.2 Å². The van der Waals surface area contributed by atoms with Gasteiger partial charge in [0, 0.05) is 32.1 Å². The predicted molar refractivity (Wildman–Crippen MR) is 102 cm³/mol. The summed E-state index contributed by atoms with van der Waals surface area (Å²) < 4.78 is 5.10. The highest BCUT2D eigenvalue weighted by atomic mass is 16.5. The molecule has 6 nitrogen and oxygen atoms in total. The van der Waals surface area contributed by atoms with Crippen LogP contribution in [0.4, 0.5) is 5.69 Å². The summed E-state index contributed by atoms with van der Waals surface area (Å²) in [6.45, 7) is 4.42. The first-order valence-corrected chi connectivity index (χ1v) is 8.96. The molecule has 3 rings (SSSR count). The minimum Gasteiger partial charge on any atom is -0.426 e. The highest BCUT2D eigenvalue weighted by Gasteiger charge is 2.20. The third kappa shape index (κ3) is 4.34. The van der Waals surface area contributed by atoms with Crippen LogP contribution in [0.25, 0.3) is 0 Å². The molecule has 1 N–H and O–H groups in total. The first kappa shape index (κ1) is 18.6. The van der Waals surface area contributed by atoms with Gasteiger partial charge in [-0.05, 0) is 41.8 Å². The van der Waals surface area contributed by atoms with E-state index < -0.39 is 5.97 Å². The smallest absolute Gasteiger partial charge is 0.308 e. The zero-order valence-electron chi connectivity index (χ0n) is 15.5. The number of esters is 1. The monoisotopic (exact) mass is 366 g/mol. The molecule has 0 bridgehead atoms. The Morgan fingerprint density at radius 2 is 1.89 bits per heavy atom. The molecule has 1 heterocycles. The van der Waals surface area contributed by atoms with Crippen LogP contribution in [0.5, 0.6) is 5.75 Å². The number of ether oxygens (including phenoxy) is 1. The van der Waals surface area contributed by atoms with Gasteiger partial charge in [0.2, 0.25) is 5.91 Å². The Bertz CT molecular complexity index is 892. The van der Waals surface area contributed by atoms with Gasteiger partial charge in [-0.25, -0.2) is 0 Å². The quantitative estimate of drug-likeness (QED) is 0.666. The van der Waals surface area contributed by atoms with Gasteiger partial charge in [0.05, 0.1) is 5.56 Å². The summed E-state index contributed by atoms with van der Waals surface area (Å²) in [4.78, 5) is 37.7. The lowest BCUT2D eigenvalue weighted by Gasteiger charge is -2.29. The summed E-state index contributed by atoms with van der Waals surface area (Å²) in [5.41, 5.74) is 3.15. The third-order valence-corrected chi connectivity index (χ3v) is 4.52. The number of carbonyl (C=O) groups excluding carboxylic acids is 3. The second-order valence-electron chi connectivity index (χ2n) is 6.45. The molecule has 2 amide bonds. The van der Waals surface area contributed by atoms with Crippen LogP contribution in [-0.2, 0) is 22.6 Å². The number of nitrogens with one attached hydrogen (secondary N) is 1. The molecule has 6 heteroatoms. The van der Waals surface area contributed by atoms with E-state index in [4.69, 9.17) is 4.74 Å². The van der Waals surface area contributed by atoms with E-state index in [9.17, 15) is 14.4 Å². The van der Waals surface area contributed by atoms with Crippen LogP contribution in [0.2, 0.25) is 0 Å². The standard InChI is InChI=1S/C21H22N2O4/c1-3-20(25)23-11-10-15-8-9-17(12-16(15)13-23)22-21(26)18-6-4-5-7-19(18)27-14(2)24/h4-9,12H,3,10-11,13H2,1-2H3,(H,22,26). The maximum atomic E-state index is 12.6. The fraction of sp³-hybridized carbons (Fsp3) is 0.286. The van der Waals surface area contributed by atoms with Crippen LogP contribution in [0, 0.1) is 0 Å². The van der Waals surface area contributed by atoms with E-state index >= 15 is 0 Å². The summed E-state index contributed by atoms with van der Waals surface area (Å²) in [6, 6.07) is 12.3. The fourth-order valence-corrected chi connectivity index (χ4v) is 3.17. The maximum absolute atomic E-state index is 12.6. The highest BCUT2D eigenvalue weighted by molar-refractivity contribution is 6.06. The molecule has 0 saturated carbocycles. The Balaban J connectivity index is 1.78. The largest absolute Gasteiger partial charge is 0.426 e. The second-order valence-corrected chi connectivity index (χ2v) is 6.45. The van der Waals surface area contributed by atoms with Crippen molar-refractivity contribution < 1.29 is 19.1 Å². The Hall–Kier alpha value is -3.15. The molecule has 27 heavy (non-hydrogen) atoms. The molecule has 0 unspecified atom stereocenters. The number of hydrogen-bond donors (Lipinski definition) is 1. The van der Waals surface area contributed by atoms with Crippen molar-refractivity contribution in [2.75, 3.05) is 11.9 Å². The molecular formula is C21H22N2O4. The zero-order chi connectivity index (χ0) is 19.4. The van der Waals surface area contributed by atoms with Gasteiger partial charge in [0.1, 0.15) is 5.75 Å². The zero-order valence-corrected chi connectivity index (χ0v) is 15.5. The number of rotatable bonds is 4. The third-order valence-electron chi connectivity index (χ3n) is 4.52. The number of benzene rings is 2. The van der Waals surface area contributed by atoms with Gasteiger partial charge < -0.3 is 15.0 Å². The SMILES string of the molecule is CCC(=O)N1CCc2ccc(NC(=O)c3ccccc3OC(C)=O)cc2C1. The molecule has 2 aromatic carbocycles. The summed E-state index contributed by atoms with van der Waals surface area (Å²) in [6.07, 6.45) is 1.29. The molecule has 0 spiro atoms. The first-order valence-electron chi connectivity index (χ1n) is 8.96. The van der Waals surface area contributed by atoms with E-state index in [-0.39, 0.29) is 23.1 Å². The van der Waals surface area contributed by atoms with Crippen molar-refractivity contribution >= 4 is 23.5 Å². The Kier molecular flexibility index (Phi) is 5.54. The lowest BCUT2D eigenvalue weighted by Crippen LogP contribution is -2.35. The van der Waals surface area contributed by atoms with Crippen molar-refractivity contribution in [3.8, 4) is 5.75 Å². The highest BCUT2D eigenvalue weighted by Crippen LogP contribution is 2.25. The van der Waals surface area contributed by atoms with Gasteiger partial charge in [-0.1, -0.05) is 25.1 Å². The molecule has 140 valence electrons. The normalized spacial score (nSPS) is 12.9. The van der Waals surface area contributed by atoms with E-state index in [1.54, 1.807) is 24.3 Å². The van der Waals surface area contributed by atoms with Crippen molar-refractivity contribution in [3.05, 3.63) is 59.2 Å². The molecule has 0 aromatic heterocycles. The number of hydrogen-bond acceptors (Lipinski definition) is 4. The average Bonchev–Trinajstić information content (AvgIpc) is 2.66. The van der Waals surface area contributed by atoms with Crippen molar-refractivity contribution in [2.24, 2.45) is 0 Å². The van der Waals surface area contributed by atoms with Crippen molar-refractivity contribution in [1.82, 2.24) is 4.90 Å². The number of nitrogens with zero attached hydrogens (tertiary/aromatic N) is 1. The van der Waals surface area contributed by atoms with Crippen molar-refractivity contribution in [3.63, 3.8) is 0 Å². The van der Waals surface area contributed by atoms with Gasteiger partial charge >= 0.3 is 5.97 Å². The number of fused-ring (bicyclic) bond motifs is 1. The van der Waals surface area contributed by atoms with Crippen LogP contribution in [-0.4, -0.2) is 29.2 Å². The molecule has 1 aliphatic heterocycles. The fourth-order valence-electron chi connectivity index (χ4n) is 3.17. The van der Waals surface area contributed by atoms with Crippen LogP contribution in [0.15, 0.2) is 42.5 Å². The Morgan fingerprint density at radius 1 is 1.11 bits per heavy atom. The summed E-state index contributed by atoms with van der Waals surface area (Å²) in [5.74, 6) is -0.487. The maximum Gasteiger partial charge on any atom is 0.308 e. The number of amides is 2. The minimum atomic E-state index is -0.482. The molecular weight excluding hydrogens is 344 g/mol. The lowest BCUT2D eigenvalue weighted by atomic mass is 9.98. The van der Waals surface area contributed by atoms with E-state index in [0.29, 0.717) is 18.7 Å². The molecule has 2 aromatic rings. The summed E-state index contributed by atoms with van der Waals surface area (Å²) >= 11 is 0.